The maximum Gasteiger partial charge on any atom is 0.264 e. The van der Waals surface area contributed by atoms with Crippen LogP contribution in [0.3, 0.4) is 0 Å². The Morgan fingerprint density at radius 3 is 2.96 bits per heavy atom. The number of aryl methyl sites for hydroxylation is 1. The summed E-state index contributed by atoms with van der Waals surface area (Å²) in [5.74, 6) is -0.221. The molecule has 3 aromatic rings. The highest BCUT2D eigenvalue weighted by Crippen LogP contribution is 2.27. The highest BCUT2D eigenvalue weighted by atomic mass is 35.5. The molecule has 23 heavy (non-hydrogen) atoms. The summed E-state index contributed by atoms with van der Waals surface area (Å²) < 4.78 is 19.7. The molecule has 0 saturated heterocycles. The molecule has 118 valence electrons. The molecule has 1 N–H and O–H groups in total. The summed E-state index contributed by atoms with van der Waals surface area (Å²) in [7, 11) is 0. The molecule has 1 amide bonds. The average Bonchev–Trinajstić information content (AvgIpc) is 2.92. The molecule has 0 unspecified atom stereocenters. The van der Waals surface area contributed by atoms with Gasteiger partial charge in [-0.05, 0) is 42.8 Å². The van der Waals surface area contributed by atoms with Gasteiger partial charge in [0.25, 0.3) is 5.91 Å². The first-order chi connectivity index (χ1) is 11.0. The predicted octanol–water partition coefficient (Wildman–Crippen LogP) is 4.41. The zero-order valence-corrected chi connectivity index (χ0v) is 13.7. The third-order valence-corrected chi connectivity index (χ3v) is 4.48. The molecular weight excluding hydrogens is 339 g/mol. The lowest BCUT2D eigenvalue weighted by molar-refractivity contribution is -0.118. The number of fused-ring (bicyclic) bond motifs is 1. The van der Waals surface area contributed by atoms with Gasteiger partial charge in [0.2, 0.25) is 0 Å². The number of carbonyl (C=O) groups is 1. The second-order valence-corrected chi connectivity index (χ2v) is 6.29. The zero-order chi connectivity index (χ0) is 16.4. The minimum absolute atomic E-state index is 0.167. The first-order valence-electron chi connectivity index (χ1n) is 6.77. The van der Waals surface area contributed by atoms with Gasteiger partial charge in [0.1, 0.15) is 17.1 Å². The number of hydrogen-bond donors (Lipinski definition) is 1. The smallest absolute Gasteiger partial charge is 0.264 e. The van der Waals surface area contributed by atoms with Gasteiger partial charge in [-0.1, -0.05) is 29.0 Å². The van der Waals surface area contributed by atoms with Crippen molar-refractivity contribution >= 4 is 44.2 Å². The van der Waals surface area contributed by atoms with E-state index in [9.17, 15) is 9.18 Å². The van der Waals surface area contributed by atoms with Crippen molar-refractivity contribution in [3.05, 3.63) is 52.8 Å². The van der Waals surface area contributed by atoms with Crippen LogP contribution in [-0.2, 0) is 4.79 Å². The Labute approximate surface area is 140 Å². The standard InChI is InChI=1S/C16H12ClFN2O2S/c1-9-7-10(5-6-11(9)17)22-8-14(21)19-16-20-15-12(18)3-2-4-13(15)23-16/h2-7H,8H2,1H3,(H,19,20,21). The highest BCUT2D eigenvalue weighted by molar-refractivity contribution is 7.22. The van der Waals surface area contributed by atoms with Crippen molar-refractivity contribution in [2.45, 2.75) is 6.92 Å². The van der Waals surface area contributed by atoms with E-state index in [1.54, 1.807) is 30.3 Å². The Balaban J connectivity index is 1.64. The molecule has 0 bridgehead atoms. The molecule has 0 radical (unpaired) electrons. The van der Waals surface area contributed by atoms with Crippen LogP contribution in [-0.4, -0.2) is 17.5 Å². The van der Waals surface area contributed by atoms with Gasteiger partial charge in [-0.25, -0.2) is 9.37 Å². The summed E-state index contributed by atoms with van der Waals surface area (Å²) in [5.41, 5.74) is 1.12. The first kappa shape index (κ1) is 15.7. The number of amides is 1. The van der Waals surface area contributed by atoms with Crippen LogP contribution in [0.2, 0.25) is 5.02 Å². The molecule has 0 aliphatic carbocycles. The monoisotopic (exact) mass is 350 g/mol. The number of benzene rings is 2. The Morgan fingerprint density at radius 2 is 2.22 bits per heavy atom. The number of hydrogen-bond acceptors (Lipinski definition) is 4. The lowest BCUT2D eigenvalue weighted by Crippen LogP contribution is -2.20. The molecule has 0 aliphatic heterocycles. The van der Waals surface area contributed by atoms with E-state index in [0.717, 1.165) is 5.56 Å². The Hall–Kier alpha value is -2.18. The van der Waals surface area contributed by atoms with E-state index in [1.807, 2.05) is 6.92 Å². The number of ether oxygens (including phenoxy) is 1. The Bertz CT molecular complexity index is 882. The van der Waals surface area contributed by atoms with Gasteiger partial charge in [-0.2, -0.15) is 0 Å². The fraction of sp³-hybridized carbons (Fsp3) is 0.125. The number of anilines is 1. The molecule has 4 nitrogen and oxygen atoms in total. The number of nitrogens with one attached hydrogen (secondary N) is 1. The number of aromatic nitrogens is 1. The lowest BCUT2D eigenvalue weighted by atomic mass is 10.2. The van der Waals surface area contributed by atoms with Gasteiger partial charge in [0.15, 0.2) is 11.7 Å². The number of carbonyl (C=O) groups excluding carboxylic acids is 1. The van der Waals surface area contributed by atoms with Crippen molar-refractivity contribution in [1.29, 1.82) is 0 Å². The maximum absolute atomic E-state index is 13.6. The van der Waals surface area contributed by atoms with Crippen LogP contribution < -0.4 is 10.1 Å². The Morgan fingerprint density at radius 1 is 1.39 bits per heavy atom. The minimum Gasteiger partial charge on any atom is -0.484 e. The van der Waals surface area contributed by atoms with E-state index in [-0.39, 0.29) is 18.0 Å². The van der Waals surface area contributed by atoms with E-state index < -0.39 is 5.82 Å². The lowest BCUT2D eigenvalue weighted by Gasteiger charge is -2.07. The van der Waals surface area contributed by atoms with Crippen molar-refractivity contribution < 1.29 is 13.9 Å². The van der Waals surface area contributed by atoms with Crippen LogP contribution in [0.1, 0.15) is 5.56 Å². The number of halogens is 2. The van der Waals surface area contributed by atoms with E-state index in [1.165, 1.54) is 17.4 Å². The van der Waals surface area contributed by atoms with Crippen molar-refractivity contribution in [2.24, 2.45) is 0 Å². The molecule has 0 saturated carbocycles. The van der Waals surface area contributed by atoms with Crippen molar-refractivity contribution in [3.63, 3.8) is 0 Å². The largest absolute Gasteiger partial charge is 0.484 e. The topological polar surface area (TPSA) is 51.2 Å². The van der Waals surface area contributed by atoms with Gasteiger partial charge in [-0.3, -0.25) is 10.1 Å². The van der Waals surface area contributed by atoms with Gasteiger partial charge in [-0.15, -0.1) is 0 Å². The van der Waals surface area contributed by atoms with E-state index in [2.05, 4.69) is 10.3 Å². The fourth-order valence-electron chi connectivity index (χ4n) is 1.98. The third-order valence-electron chi connectivity index (χ3n) is 3.12. The maximum atomic E-state index is 13.6. The number of para-hydroxylation sites is 1. The molecule has 1 heterocycles. The van der Waals surface area contributed by atoms with Crippen molar-refractivity contribution in [2.75, 3.05) is 11.9 Å². The summed E-state index contributed by atoms with van der Waals surface area (Å²) >= 11 is 7.14. The van der Waals surface area contributed by atoms with Crippen molar-refractivity contribution in [3.8, 4) is 5.75 Å². The van der Waals surface area contributed by atoms with E-state index in [0.29, 0.717) is 20.6 Å². The summed E-state index contributed by atoms with van der Waals surface area (Å²) in [6.07, 6.45) is 0. The third kappa shape index (κ3) is 3.60. The van der Waals surface area contributed by atoms with Crippen LogP contribution in [0.4, 0.5) is 9.52 Å². The average molecular weight is 351 g/mol. The number of thiazole rings is 1. The minimum atomic E-state index is -0.410. The number of nitrogens with zero attached hydrogens (tertiary/aromatic N) is 1. The summed E-state index contributed by atoms with van der Waals surface area (Å²) in [6, 6.07) is 9.84. The normalized spacial score (nSPS) is 10.7. The van der Waals surface area contributed by atoms with Gasteiger partial charge >= 0.3 is 0 Å². The summed E-state index contributed by atoms with van der Waals surface area (Å²) in [4.78, 5) is 16.0. The molecule has 0 aliphatic rings. The van der Waals surface area contributed by atoms with E-state index in [4.69, 9.17) is 16.3 Å². The summed E-state index contributed by atoms with van der Waals surface area (Å²) in [5, 5.41) is 3.58. The highest BCUT2D eigenvalue weighted by Gasteiger charge is 2.11. The molecule has 0 atom stereocenters. The van der Waals surface area contributed by atoms with Crippen LogP contribution in [0.25, 0.3) is 10.2 Å². The van der Waals surface area contributed by atoms with E-state index >= 15 is 0 Å². The number of rotatable bonds is 4. The first-order valence-corrected chi connectivity index (χ1v) is 7.96. The molecule has 1 aromatic heterocycles. The van der Waals surface area contributed by atoms with Gasteiger partial charge < -0.3 is 4.74 Å². The molecule has 2 aromatic carbocycles. The van der Waals surface area contributed by atoms with Crippen LogP contribution in [0.5, 0.6) is 5.75 Å². The van der Waals surface area contributed by atoms with Gasteiger partial charge in [0, 0.05) is 5.02 Å². The van der Waals surface area contributed by atoms with Crippen LogP contribution in [0.15, 0.2) is 36.4 Å². The fourth-order valence-corrected chi connectivity index (χ4v) is 2.99. The van der Waals surface area contributed by atoms with Crippen LogP contribution in [0, 0.1) is 12.7 Å². The zero-order valence-electron chi connectivity index (χ0n) is 12.1. The summed E-state index contributed by atoms with van der Waals surface area (Å²) in [6.45, 7) is 1.68. The van der Waals surface area contributed by atoms with Crippen LogP contribution >= 0.6 is 22.9 Å². The van der Waals surface area contributed by atoms with Crippen molar-refractivity contribution in [1.82, 2.24) is 4.98 Å². The predicted molar refractivity (Wildman–Crippen MR) is 89.9 cm³/mol. The molecule has 3 rings (SSSR count). The van der Waals surface area contributed by atoms with Gasteiger partial charge in [0.05, 0.1) is 4.70 Å². The molecule has 7 heteroatoms. The quantitative estimate of drug-likeness (QED) is 0.758. The molecule has 0 fully saturated rings. The second-order valence-electron chi connectivity index (χ2n) is 4.85. The molecule has 0 spiro atoms. The molecular formula is C16H12ClFN2O2S. The second kappa shape index (κ2) is 6.52. The Kier molecular flexibility index (Phi) is 4.45. The SMILES string of the molecule is Cc1cc(OCC(=O)Nc2nc3c(F)cccc3s2)ccc1Cl.